The summed E-state index contributed by atoms with van der Waals surface area (Å²) in [6.07, 6.45) is 3.18. The maximum atomic E-state index is 9.35. The van der Waals surface area contributed by atoms with Crippen LogP contribution in [0.2, 0.25) is 5.02 Å². The molecule has 2 aromatic rings. The molecular formula is C15H18ClN3O. The van der Waals surface area contributed by atoms with Crippen molar-refractivity contribution in [1.82, 2.24) is 9.97 Å². The van der Waals surface area contributed by atoms with Gasteiger partial charge in [0.05, 0.1) is 11.7 Å². The highest BCUT2D eigenvalue weighted by molar-refractivity contribution is 6.33. The number of aryl methyl sites for hydroxylation is 1. The third-order valence-corrected chi connectivity index (χ3v) is 3.61. The van der Waals surface area contributed by atoms with Crippen LogP contribution >= 0.6 is 11.6 Å². The van der Waals surface area contributed by atoms with Crippen LogP contribution in [0.25, 0.3) is 0 Å². The summed E-state index contributed by atoms with van der Waals surface area (Å²) in [5.74, 6) is 0.912. The standard InChI is InChI=1S/C15H18ClN3O/c1-3-12(10-5-7-11(20)8-6-10)19-15-14(16)13(4-2)17-9-18-15/h5-9,12,20H,3-4H2,1-2H3,(H,17,18,19). The topological polar surface area (TPSA) is 58.0 Å². The van der Waals surface area contributed by atoms with Crippen molar-refractivity contribution in [2.24, 2.45) is 0 Å². The van der Waals surface area contributed by atoms with Gasteiger partial charge in [-0.2, -0.15) is 0 Å². The van der Waals surface area contributed by atoms with Crippen molar-refractivity contribution in [3.8, 4) is 5.75 Å². The van der Waals surface area contributed by atoms with Crippen LogP contribution in [0.5, 0.6) is 5.75 Å². The monoisotopic (exact) mass is 291 g/mol. The summed E-state index contributed by atoms with van der Waals surface area (Å²) >= 11 is 6.30. The van der Waals surface area contributed by atoms with Gasteiger partial charge in [0.25, 0.3) is 0 Å². The van der Waals surface area contributed by atoms with Gasteiger partial charge in [-0.05, 0) is 30.5 Å². The van der Waals surface area contributed by atoms with Crippen LogP contribution in [0.4, 0.5) is 5.82 Å². The average molecular weight is 292 g/mol. The predicted molar refractivity (Wildman–Crippen MR) is 81.2 cm³/mol. The zero-order valence-electron chi connectivity index (χ0n) is 11.6. The van der Waals surface area contributed by atoms with Crippen LogP contribution in [-0.4, -0.2) is 15.1 Å². The molecule has 4 nitrogen and oxygen atoms in total. The summed E-state index contributed by atoms with van der Waals surface area (Å²) in [4.78, 5) is 8.37. The van der Waals surface area contributed by atoms with Crippen LogP contribution < -0.4 is 5.32 Å². The summed E-state index contributed by atoms with van der Waals surface area (Å²) in [7, 11) is 0. The number of phenolic OH excluding ortho intramolecular Hbond substituents is 1. The van der Waals surface area contributed by atoms with Crippen LogP contribution in [0, 0.1) is 0 Å². The lowest BCUT2D eigenvalue weighted by Crippen LogP contribution is -2.12. The lowest BCUT2D eigenvalue weighted by molar-refractivity contribution is 0.475. The molecule has 0 saturated carbocycles. The normalized spacial score (nSPS) is 12.2. The van der Waals surface area contributed by atoms with Gasteiger partial charge in [-0.15, -0.1) is 0 Å². The fourth-order valence-electron chi connectivity index (χ4n) is 2.05. The number of aromatic hydroxyl groups is 1. The Hall–Kier alpha value is -1.81. The smallest absolute Gasteiger partial charge is 0.149 e. The van der Waals surface area contributed by atoms with Gasteiger partial charge in [0, 0.05) is 0 Å². The zero-order chi connectivity index (χ0) is 14.5. The number of hydrogen-bond acceptors (Lipinski definition) is 4. The number of hydrogen-bond donors (Lipinski definition) is 2. The number of nitrogens with zero attached hydrogens (tertiary/aromatic N) is 2. The van der Waals surface area contributed by atoms with Crippen LogP contribution in [0.3, 0.4) is 0 Å². The Morgan fingerprint density at radius 1 is 1.20 bits per heavy atom. The quantitative estimate of drug-likeness (QED) is 0.875. The summed E-state index contributed by atoms with van der Waals surface area (Å²) < 4.78 is 0. The van der Waals surface area contributed by atoms with Crippen molar-refractivity contribution in [3.05, 3.63) is 46.9 Å². The largest absolute Gasteiger partial charge is 0.508 e. The maximum Gasteiger partial charge on any atom is 0.149 e. The van der Waals surface area contributed by atoms with E-state index < -0.39 is 0 Å². The minimum Gasteiger partial charge on any atom is -0.508 e. The van der Waals surface area contributed by atoms with E-state index in [0.717, 1.165) is 24.1 Å². The van der Waals surface area contributed by atoms with Gasteiger partial charge < -0.3 is 10.4 Å². The van der Waals surface area contributed by atoms with Gasteiger partial charge >= 0.3 is 0 Å². The van der Waals surface area contributed by atoms with E-state index in [0.29, 0.717) is 10.8 Å². The van der Waals surface area contributed by atoms with E-state index in [4.69, 9.17) is 11.6 Å². The SMILES string of the molecule is CCc1ncnc(NC(CC)c2ccc(O)cc2)c1Cl. The molecule has 0 fully saturated rings. The van der Waals surface area contributed by atoms with E-state index >= 15 is 0 Å². The van der Waals surface area contributed by atoms with E-state index in [2.05, 4.69) is 22.2 Å². The fraction of sp³-hybridized carbons (Fsp3) is 0.333. The molecule has 0 radical (unpaired) electrons. The van der Waals surface area contributed by atoms with Crippen molar-refractivity contribution >= 4 is 17.4 Å². The Labute approximate surface area is 123 Å². The fourth-order valence-corrected chi connectivity index (χ4v) is 2.33. The third-order valence-electron chi connectivity index (χ3n) is 3.21. The summed E-state index contributed by atoms with van der Waals surface area (Å²) in [6, 6.07) is 7.24. The van der Waals surface area contributed by atoms with Gasteiger partial charge in [-0.3, -0.25) is 0 Å². The second-order valence-electron chi connectivity index (χ2n) is 4.53. The minimum absolute atomic E-state index is 0.0905. The Bertz CT molecular complexity index is 572. The predicted octanol–water partition coefficient (Wildman–Crippen LogP) is 3.96. The molecule has 1 heterocycles. The molecule has 0 spiro atoms. The number of phenols is 1. The van der Waals surface area contributed by atoms with Gasteiger partial charge in [0.2, 0.25) is 0 Å². The first-order chi connectivity index (χ1) is 9.65. The molecule has 2 N–H and O–H groups in total. The molecule has 106 valence electrons. The number of nitrogens with one attached hydrogen (secondary N) is 1. The van der Waals surface area contributed by atoms with Crippen molar-refractivity contribution in [1.29, 1.82) is 0 Å². The number of aromatic nitrogens is 2. The molecule has 0 bridgehead atoms. The Balaban J connectivity index is 2.24. The number of benzene rings is 1. The highest BCUT2D eigenvalue weighted by Crippen LogP contribution is 2.28. The van der Waals surface area contributed by atoms with Crippen molar-refractivity contribution in [2.45, 2.75) is 32.7 Å². The minimum atomic E-state index is 0.0905. The van der Waals surface area contributed by atoms with Crippen LogP contribution in [0.1, 0.15) is 37.6 Å². The highest BCUT2D eigenvalue weighted by Gasteiger charge is 2.14. The molecule has 0 amide bonds. The van der Waals surface area contributed by atoms with Gasteiger partial charge in [-0.1, -0.05) is 37.6 Å². The molecule has 0 saturated heterocycles. The van der Waals surface area contributed by atoms with Crippen molar-refractivity contribution in [3.63, 3.8) is 0 Å². The third kappa shape index (κ3) is 3.20. The van der Waals surface area contributed by atoms with E-state index in [1.807, 2.05) is 19.1 Å². The van der Waals surface area contributed by atoms with Crippen LogP contribution in [-0.2, 0) is 6.42 Å². The highest BCUT2D eigenvalue weighted by atomic mass is 35.5. The van der Waals surface area contributed by atoms with Gasteiger partial charge in [-0.25, -0.2) is 9.97 Å². The molecular weight excluding hydrogens is 274 g/mol. The molecule has 20 heavy (non-hydrogen) atoms. The first-order valence-corrected chi connectivity index (χ1v) is 7.08. The molecule has 0 aliphatic heterocycles. The molecule has 1 atom stereocenters. The van der Waals surface area contributed by atoms with Crippen molar-refractivity contribution < 1.29 is 5.11 Å². The van der Waals surface area contributed by atoms with E-state index in [1.54, 1.807) is 12.1 Å². The number of halogens is 1. The van der Waals surface area contributed by atoms with E-state index in [-0.39, 0.29) is 11.8 Å². The van der Waals surface area contributed by atoms with E-state index in [9.17, 15) is 5.11 Å². The summed E-state index contributed by atoms with van der Waals surface area (Å²) in [5.41, 5.74) is 1.92. The number of rotatable bonds is 5. The van der Waals surface area contributed by atoms with Crippen LogP contribution in [0.15, 0.2) is 30.6 Å². The molecule has 5 heteroatoms. The Morgan fingerprint density at radius 3 is 2.50 bits per heavy atom. The van der Waals surface area contributed by atoms with Gasteiger partial charge in [0.15, 0.2) is 0 Å². The maximum absolute atomic E-state index is 9.35. The second kappa shape index (κ2) is 6.57. The summed E-state index contributed by atoms with van der Waals surface area (Å²) in [5, 5.41) is 13.3. The molecule has 1 unspecified atom stereocenters. The van der Waals surface area contributed by atoms with Gasteiger partial charge in [0.1, 0.15) is 22.9 Å². The first-order valence-electron chi connectivity index (χ1n) is 6.70. The molecule has 1 aromatic heterocycles. The van der Waals surface area contributed by atoms with Crippen molar-refractivity contribution in [2.75, 3.05) is 5.32 Å². The average Bonchev–Trinajstić information content (AvgIpc) is 2.47. The summed E-state index contributed by atoms with van der Waals surface area (Å²) in [6.45, 7) is 4.09. The zero-order valence-corrected chi connectivity index (χ0v) is 12.4. The lowest BCUT2D eigenvalue weighted by Gasteiger charge is -2.19. The first kappa shape index (κ1) is 14.6. The molecule has 1 aromatic carbocycles. The Kier molecular flexibility index (Phi) is 4.79. The van der Waals surface area contributed by atoms with E-state index in [1.165, 1.54) is 6.33 Å². The molecule has 0 aliphatic carbocycles. The lowest BCUT2D eigenvalue weighted by atomic mass is 10.0. The molecule has 0 aliphatic rings. The number of anilines is 1. The Morgan fingerprint density at radius 2 is 1.90 bits per heavy atom. The molecule has 2 rings (SSSR count). The second-order valence-corrected chi connectivity index (χ2v) is 4.91.